The number of benzene rings is 1. The van der Waals surface area contributed by atoms with E-state index in [4.69, 9.17) is 9.90 Å². The first kappa shape index (κ1) is 14.7. The standard InChI is InChI=1S/C10H10.C6H6O.CH2O/c1-2-6-9(5-1)10-7-3-4-8-10;7-6-4-2-1-3-5-6;1-2/h1-5,7H,6,8H2;1-5,7H;1H2. The summed E-state index contributed by atoms with van der Waals surface area (Å²) in [7, 11) is 0. The Kier molecular flexibility index (Phi) is 6.73. The molecule has 0 amide bonds. The van der Waals surface area contributed by atoms with E-state index in [-0.39, 0.29) is 0 Å². The van der Waals surface area contributed by atoms with Gasteiger partial charge < -0.3 is 9.90 Å². The van der Waals surface area contributed by atoms with Gasteiger partial charge in [-0.15, -0.1) is 0 Å². The van der Waals surface area contributed by atoms with Gasteiger partial charge in [0.15, 0.2) is 0 Å². The summed E-state index contributed by atoms with van der Waals surface area (Å²) in [6.07, 6.45) is 15.4. The minimum Gasteiger partial charge on any atom is -0.508 e. The van der Waals surface area contributed by atoms with E-state index < -0.39 is 0 Å². The zero-order valence-electron chi connectivity index (χ0n) is 10.8. The zero-order valence-corrected chi connectivity index (χ0v) is 10.8. The third-order valence-electron chi connectivity index (χ3n) is 2.71. The lowest BCUT2D eigenvalue weighted by molar-refractivity contribution is -0.0979. The lowest BCUT2D eigenvalue weighted by Gasteiger charge is -1.99. The molecule has 0 saturated carbocycles. The second kappa shape index (κ2) is 8.70. The van der Waals surface area contributed by atoms with Crippen LogP contribution in [0.1, 0.15) is 12.8 Å². The summed E-state index contributed by atoms with van der Waals surface area (Å²) < 4.78 is 0. The van der Waals surface area contributed by atoms with Gasteiger partial charge in [-0.05, 0) is 36.1 Å². The van der Waals surface area contributed by atoms with Crippen molar-refractivity contribution in [2.75, 3.05) is 0 Å². The van der Waals surface area contributed by atoms with Crippen molar-refractivity contribution in [2.24, 2.45) is 0 Å². The number of carbonyl (C=O) groups is 1. The Bertz CT molecular complexity index is 465. The molecule has 0 aliphatic heterocycles. The number of rotatable bonds is 1. The van der Waals surface area contributed by atoms with Crippen molar-refractivity contribution in [3.05, 3.63) is 77.9 Å². The molecule has 0 aromatic heterocycles. The molecule has 19 heavy (non-hydrogen) atoms. The number of hydrogen-bond donors (Lipinski definition) is 1. The molecule has 2 aliphatic carbocycles. The lowest BCUT2D eigenvalue weighted by Crippen LogP contribution is -1.80. The minimum absolute atomic E-state index is 0.322. The van der Waals surface area contributed by atoms with Crippen molar-refractivity contribution < 1.29 is 9.90 Å². The third-order valence-corrected chi connectivity index (χ3v) is 2.71. The molecule has 3 rings (SSSR count). The normalized spacial score (nSPS) is 14.7. The Hall–Kier alpha value is -2.35. The summed E-state index contributed by atoms with van der Waals surface area (Å²) in [5, 5.41) is 8.63. The van der Waals surface area contributed by atoms with E-state index >= 15 is 0 Å². The van der Waals surface area contributed by atoms with Gasteiger partial charge in [0.1, 0.15) is 12.5 Å². The van der Waals surface area contributed by atoms with Crippen LogP contribution in [0.25, 0.3) is 0 Å². The topological polar surface area (TPSA) is 37.3 Å². The van der Waals surface area contributed by atoms with Crippen LogP contribution in [0.5, 0.6) is 5.75 Å². The number of phenols is 1. The Labute approximate surface area is 114 Å². The van der Waals surface area contributed by atoms with Crippen LogP contribution in [-0.4, -0.2) is 11.9 Å². The van der Waals surface area contributed by atoms with Crippen LogP contribution >= 0.6 is 0 Å². The molecule has 0 atom stereocenters. The number of carbonyl (C=O) groups excluding carboxylic acids is 1. The molecule has 0 radical (unpaired) electrons. The molecule has 98 valence electrons. The maximum absolute atomic E-state index is 8.63. The molecule has 1 aromatic carbocycles. The zero-order chi connectivity index (χ0) is 13.9. The molecule has 0 unspecified atom stereocenters. The number of allylic oxidation sites excluding steroid dienone is 8. The second-order valence-electron chi connectivity index (χ2n) is 3.98. The molecule has 2 aliphatic rings. The fraction of sp³-hybridized carbons (Fsp3) is 0.118. The van der Waals surface area contributed by atoms with Gasteiger partial charge in [0.25, 0.3) is 0 Å². The molecule has 2 nitrogen and oxygen atoms in total. The van der Waals surface area contributed by atoms with Crippen molar-refractivity contribution in [1.82, 2.24) is 0 Å². The summed E-state index contributed by atoms with van der Waals surface area (Å²) in [5.74, 6) is 0.322. The van der Waals surface area contributed by atoms with Crippen LogP contribution in [0, 0.1) is 0 Å². The number of hydrogen-bond acceptors (Lipinski definition) is 2. The van der Waals surface area contributed by atoms with Crippen LogP contribution in [0.2, 0.25) is 0 Å². The second-order valence-corrected chi connectivity index (χ2v) is 3.98. The van der Waals surface area contributed by atoms with E-state index in [1.165, 1.54) is 11.1 Å². The highest BCUT2D eigenvalue weighted by Gasteiger charge is 2.05. The van der Waals surface area contributed by atoms with Gasteiger partial charge in [0, 0.05) is 0 Å². The van der Waals surface area contributed by atoms with E-state index in [0.29, 0.717) is 5.75 Å². The minimum atomic E-state index is 0.322. The molecule has 1 aromatic rings. The largest absolute Gasteiger partial charge is 0.508 e. The van der Waals surface area contributed by atoms with E-state index in [2.05, 4.69) is 36.5 Å². The summed E-state index contributed by atoms with van der Waals surface area (Å²) in [6.45, 7) is 2.00. The quantitative estimate of drug-likeness (QED) is 0.823. The lowest BCUT2D eigenvalue weighted by atomic mass is 10.1. The molecule has 0 fully saturated rings. The van der Waals surface area contributed by atoms with E-state index in [1.807, 2.05) is 12.9 Å². The number of para-hydroxylation sites is 1. The molecule has 0 spiro atoms. The summed E-state index contributed by atoms with van der Waals surface area (Å²) in [6, 6.07) is 8.71. The van der Waals surface area contributed by atoms with Crippen LogP contribution in [-0.2, 0) is 4.79 Å². The van der Waals surface area contributed by atoms with Crippen molar-refractivity contribution in [3.8, 4) is 5.75 Å². The highest BCUT2D eigenvalue weighted by Crippen LogP contribution is 2.25. The van der Waals surface area contributed by atoms with Crippen LogP contribution < -0.4 is 0 Å². The summed E-state index contributed by atoms with van der Waals surface area (Å²) >= 11 is 0. The Balaban J connectivity index is 0.000000177. The fourth-order valence-electron chi connectivity index (χ4n) is 1.80. The average molecular weight is 254 g/mol. The summed E-state index contributed by atoms with van der Waals surface area (Å²) in [5.41, 5.74) is 2.98. The van der Waals surface area contributed by atoms with Crippen molar-refractivity contribution in [1.29, 1.82) is 0 Å². The first-order valence-electron chi connectivity index (χ1n) is 6.11. The molecule has 2 heteroatoms. The molecule has 0 saturated heterocycles. The molecular weight excluding hydrogens is 236 g/mol. The SMILES string of the molecule is C1=CCC(C2=CC=CC2)=C1.C=O.Oc1ccccc1. The van der Waals surface area contributed by atoms with E-state index in [0.717, 1.165) is 12.8 Å². The van der Waals surface area contributed by atoms with Gasteiger partial charge in [0.2, 0.25) is 0 Å². The van der Waals surface area contributed by atoms with Gasteiger partial charge in [-0.25, -0.2) is 0 Å². The van der Waals surface area contributed by atoms with E-state index in [1.54, 1.807) is 24.3 Å². The number of phenolic OH excluding ortho intramolecular Hbond substituents is 1. The molecular formula is C17H18O2. The third kappa shape index (κ3) is 5.21. The summed E-state index contributed by atoms with van der Waals surface area (Å²) in [4.78, 5) is 8.00. The van der Waals surface area contributed by atoms with Crippen molar-refractivity contribution in [3.63, 3.8) is 0 Å². The van der Waals surface area contributed by atoms with Crippen LogP contribution in [0.15, 0.2) is 77.9 Å². The molecule has 0 heterocycles. The maximum Gasteiger partial charge on any atom is 0.115 e. The van der Waals surface area contributed by atoms with Crippen LogP contribution in [0.3, 0.4) is 0 Å². The van der Waals surface area contributed by atoms with Crippen molar-refractivity contribution in [2.45, 2.75) is 12.8 Å². The highest BCUT2D eigenvalue weighted by molar-refractivity contribution is 5.44. The first-order chi connectivity index (χ1) is 9.36. The van der Waals surface area contributed by atoms with Gasteiger partial charge in [-0.3, -0.25) is 0 Å². The van der Waals surface area contributed by atoms with Crippen LogP contribution in [0.4, 0.5) is 0 Å². The smallest absolute Gasteiger partial charge is 0.115 e. The maximum atomic E-state index is 8.63. The average Bonchev–Trinajstić information content (AvgIpc) is 3.16. The van der Waals surface area contributed by atoms with Crippen molar-refractivity contribution >= 4 is 6.79 Å². The van der Waals surface area contributed by atoms with Gasteiger partial charge in [-0.2, -0.15) is 0 Å². The predicted molar refractivity (Wildman–Crippen MR) is 78.9 cm³/mol. The monoisotopic (exact) mass is 254 g/mol. The fourth-order valence-corrected chi connectivity index (χ4v) is 1.80. The molecule has 1 N–H and O–H groups in total. The Morgan fingerprint density at radius 3 is 1.58 bits per heavy atom. The van der Waals surface area contributed by atoms with Gasteiger partial charge in [0.05, 0.1) is 0 Å². The predicted octanol–water partition coefficient (Wildman–Crippen LogP) is 3.97. The highest BCUT2D eigenvalue weighted by atomic mass is 16.3. The Morgan fingerprint density at radius 2 is 1.32 bits per heavy atom. The van der Waals surface area contributed by atoms with Gasteiger partial charge >= 0.3 is 0 Å². The van der Waals surface area contributed by atoms with Gasteiger partial charge in [-0.1, -0.05) is 54.7 Å². The number of aromatic hydroxyl groups is 1. The first-order valence-corrected chi connectivity index (χ1v) is 6.11. The van der Waals surface area contributed by atoms with E-state index in [9.17, 15) is 0 Å². The molecule has 0 bridgehead atoms. The Morgan fingerprint density at radius 1 is 0.842 bits per heavy atom.